The summed E-state index contributed by atoms with van der Waals surface area (Å²) in [5.74, 6) is 1.72. The monoisotopic (exact) mass is 339 g/mol. The Morgan fingerprint density at radius 2 is 2.24 bits per heavy atom. The normalized spacial score (nSPS) is 17.5. The molecule has 3 heterocycles. The average Bonchev–Trinajstić information content (AvgIpc) is 3.31. The highest BCUT2D eigenvalue weighted by atomic mass is 16.2. The minimum absolute atomic E-state index is 0.0225. The van der Waals surface area contributed by atoms with Crippen molar-refractivity contribution in [1.82, 2.24) is 35.1 Å². The van der Waals surface area contributed by atoms with E-state index in [2.05, 4.69) is 33.5 Å². The highest BCUT2D eigenvalue weighted by Crippen LogP contribution is 2.32. The molecule has 0 saturated carbocycles. The third-order valence-electron chi connectivity index (χ3n) is 4.87. The Balaban J connectivity index is 1.52. The Morgan fingerprint density at radius 3 is 3.00 bits per heavy atom. The number of hydrogen-bond donors (Lipinski definition) is 1. The van der Waals surface area contributed by atoms with E-state index >= 15 is 0 Å². The van der Waals surface area contributed by atoms with E-state index in [9.17, 15) is 4.79 Å². The van der Waals surface area contributed by atoms with Gasteiger partial charge in [0.25, 0.3) is 0 Å². The standard InChI is InChI=1S/C17H21N7O/c1-11-5-3-6-13-16(11)19-17(18-13)14-7-4-9-23(14)15(25)8-10-24-12(2)20-21-22-24/h3,5-6,14H,4,7-10H2,1-2H3,(H,18,19). The van der Waals surface area contributed by atoms with Crippen LogP contribution in [0.15, 0.2) is 18.2 Å². The molecule has 1 saturated heterocycles. The molecule has 0 spiro atoms. The molecule has 8 heteroatoms. The van der Waals surface area contributed by atoms with E-state index in [0.717, 1.165) is 47.6 Å². The number of rotatable bonds is 4. The van der Waals surface area contributed by atoms with Crippen LogP contribution in [0.5, 0.6) is 0 Å². The second kappa shape index (κ2) is 6.27. The second-order valence-corrected chi connectivity index (χ2v) is 6.54. The number of fused-ring (bicyclic) bond motifs is 1. The fourth-order valence-corrected chi connectivity index (χ4v) is 3.50. The van der Waals surface area contributed by atoms with Gasteiger partial charge < -0.3 is 9.88 Å². The summed E-state index contributed by atoms with van der Waals surface area (Å²) in [5.41, 5.74) is 3.16. The van der Waals surface area contributed by atoms with Crippen LogP contribution < -0.4 is 0 Å². The number of tetrazole rings is 1. The first-order chi connectivity index (χ1) is 12.1. The zero-order valence-corrected chi connectivity index (χ0v) is 14.4. The molecular weight excluding hydrogens is 318 g/mol. The van der Waals surface area contributed by atoms with Crippen LogP contribution in [0.3, 0.4) is 0 Å². The van der Waals surface area contributed by atoms with E-state index in [-0.39, 0.29) is 11.9 Å². The summed E-state index contributed by atoms with van der Waals surface area (Å²) >= 11 is 0. The van der Waals surface area contributed by atoms with Crippen LogP contribution >= 0.6 is 0 Å². The molecule has 130 valence electrons. The van der Waals surface area contributed by atoms with Crippen molar-refractivity contribution >= 4 is 16.9 Å². The zero-order chi connectivity index (χ0) is 17.4. The molecule has 1 atom stereocenters. The van der Waals surface area contributed by atoms with Gasteiger partial charge in [0.1, 0.15) is 11.6 Å². The van der Waals surface area contributed by atoms with E-state index in [4.69, 9.17) is 4.98 Å². The van der Waals surface area contributed by atoms with Gasteiger partial charge >= 0.3 is 0 Å². The molecule has 25 heavy (non-hydrogen) atoms. The maximum Gasteiger partial charge on any atom is 0.225 e. The Bertz CT molecular complexity index is 913. The third kappa shape index (κ3) is 2.88. The number of nitrogens with one attached hydrogen (secondary N) is 1. The molecular formula is C17H21N7O. The Morgan fingerprint density at radius 1 is 1.36 bits per heavy atom. The molecule has 1 unspecified atom stereocenters. The number of aryl methyl sites for hydroxylation is 3. The highest BCUT2D eigenvalue weighted by Gasteiger charge is 2.32. The summed E-state index contributed by atoms with van der Waals surface area (Å²) in [4.78, 5) is 22.8. The van der Waals surface area contributed by atoms with E-state index in [1.54, 1.807) is 4.68 Å². The van der Waals surface area contributed by atoms with Crippen molar-refractivity contribution in [2.75, 3.05) is 6.54 Å². The smallest absolute Gasteiger partial charge is 0.225 e. The summed E-state index contributed by atoms with van der Waals surface area (Å²) in [6.07, 6.45) is 2.33. The van der Waals surface area contributed by atoms with Crippen LogP contribution in [-0.2, 0) is 11.3 Å². The molecule has 1 aromatic carbocycles. The fraction of sp³-hybridized carbons (Fsp3) is 0.471. The first-order valence-corrected chi connectivity index (χ1v) is 8.61. The quantitative estimate of drug-likeness (QED) is 0.784. The predicted molar refractivity (Wildman–Crippen MR) is 91.7 cm³/mol. The third-order valence-corrected chi connectivity index (χ3v) is 4.87. The Labute approximate surface area is 145 Å². The number of amides is 1. The zero-order valence-electron chi connectivity index (χ0n) is 14.4. The van der Waals surface area contributed by atoms with Crippen molar-refractivity contribution in [3.63, 3.8) is 0 Å². The van der Waals surface area contributed by atoms with Crippen LogP contribution in [0.1, 0.15) is 42.5 Å². The molecule has 0 bridgehead atoms. The number of aromatic nitrogens is 6. The molecule has 0 radical (unpaired) electrons. The van der Waals surface area contributed by atoms with E-state index in [0.29, 0.717) is 13.0 Å². The van der Waals surface area contributed by atoms with Crippen LogP contribution in [0.4, 0.5) is 0 Å². The van der Waals surface area contributed by atoms with E-state index < -0.39 is 0 Å². The molecule has 1 aliphatic heterocycles. The van der Waals surface area contributed by atoms with Gasteiger partial charge in [-0.1, -0.05) is 12.1 Å². The number of hydrogen-bond acceptors (Lipinski definition) is 5. The maximum atomic E-state index is 12.7. The van der Waals surface area contributed by atoms with Crippen molar-refractivity contribution in [3.05, 3.63) is 35.4 Å². The number of carbonyl (C=O) groups is 1. The summed E-state index contributed by atoms with van der Waals surface area (Å²) < 4.78 is 1.66. The van der Waals surface area contributed by atoms with Gasteiger partial charge in [0.2, 0.25) is 5.91 Å². The maximum absolute atomic E-state index is 12.7. The van der Waals surface area contributed by atoms with Gasteiger partial charge in [-0.3, -0.25) is 4.79 Å². The predicted octanol–water partition coefficient (Wildman–Crippen LogP) is 1.92. The lowest BCUT2D eigenvalue weighted by atomic mass is 10.2. The second-order valence-electron chi connectivity index (χ2n) is 6.54. The summed E-state index contributed by atoms with van der Waals surface area (Å²) in [7, 11) is 0. The first kappa shape index (κ1) is 15.7. The molecule has 2 aromatic heterocycles. The number of imidazole rings is 1. The summed E-state index contributed by atoms with van der Waals surface area (Å²) in [6, 6.07) is 6.12. The summed E-state index contributed by atoms with van der Waals surface area (Å²) in [5, 5.41) is 11.4. The number of nitrogens with zero attached hydrogens (tertiary/aromatic N) is 6. The van der Waals surface area contributed by atoms with Crippen molar-refractivity contribution in [2.24, 2.45) is 0 Å². The number of H-pyrrole nitrogens is 1. The molecule has 8 nitrogen and oxygen atoms in total. The number of para-hydroxylation sites is 1. The van der Waals surface area contributed by atoms with E-state index in [1.165, 1.54) is 0 Å². The van der Waals surface area contributed by atoms with Gasteiger partial charge in [0, 0.05) is 13.0 Å². The number of carbonyl (C=O) groups excluding carboxylic acids is 1. The molecule has 1 N–H and O–H groups in total. The Kier molecular flexibility index (Phi) is 3.95. The number of likely N-dealkylation sites (tertiary alicyclic amines) is 1. The first-order valence-electron chi connectivity index (χ1n) is 8.61. The van der Waals surface area contributed by atoms with Crippen molar-refractivity contribution in [1.29, 1.82) is 0 Å². The van der Waals surface area contributed by atoms with Crippen LogP contribution in [0, 0.1) is 13.8 Å². The van der Waals surface area contributed by atoms with E-state index in [1.807, 2.05) is 24.0 Å². The SMILES string of the molecule is Cc1cccc2[nH]c(C3CCCN3C(=O)CCn3nnnc3C)nc12. The lowest BCUT2D eigenvalue weighted by Crippen LogP contribution is -2.31. The number of aromatic amines is 1. The van der Waals surface area contributed by atoms with Gasteiger partial charge in [0.15, 0.2) is 0 Å². The minimum Gasteiger partial charge on any atom is -0.340 e. The lowest BCUT2D eigenvalue weighted by Gasteiger charge is -2.23. The van der Waals surface area contributed by atoms with Crippen molar-refractivity contribution < 1.29 is 4.79 Å². The lowest BCUT2D eigenvalue weighted by molar-refractivity contribution is -0.132. The van der Waals surface area contributed by atoms with Gasteiger partial charge in [0.05, 0.1) is 23.6 Å². The van der Waals surface area contributed by atoms with Gasteiger partial charge in [-0.2, -0.15) is 0 Å². The van der Waals surface area contributed by atoms with Crippen LogP contribution in [-0.4, -0.2) is 47.5 Å². The van der Waals surface area contributed by atoms with Crippen molar-refractivity contribution in [2.45, 2.75) is 45.7 Å². The topological polar surface area (TPSA) is 92.6 Å². The van der Waals surface area contributed by atoms with Crippen LogP contribution in [0.2, 0.25) is 0 Å². The summed E-state index contributed by atoms with van der Waals surface area (Å²) in [6.45, 7) is 5.16. The minimum atomic E-state index is 0.0225. The molecule has 1 aliphatic rings. The highest BCUT2D eigenvalue weighted by molar-refractivity contribution is 5.79. The molecule has 1 fully saturated rings. The number of benzene rings is 1. The largest absolute Gasteiger partial charge is 0.340 e. The Hall–Kier alpha value is -2.77. The molecule has 4 rings (SSSR count). The molecule has 1 amide bonds. The van der Waals surface area contributed by atoms with Gasteiger partial charge in [-0.15, -0.1) is 5.10 Å². The molecule has 3 aromatic rings. The average molecular weight is 339 g/mol. The fourth-order valence-electron chi connectivity index (χ4n) is 3.50. The van der Waals surface area contributed by atoms with Gasteiger partial charge in [-0.25, -0.2) is 9.67 Å². The van der Waals surface area contributed by atoms with Gasteiger partial charge in [-0.05, 0) is 48.7 Å². The van der Waals surface area contributed by atoms with Crippen LogP contribution in [0.25, 0.3) is 11.0 Å². The molecule has 0 aliphatic carbocycles. The van der Waals surface area contributed by atoms with Crippen molar-refractivity contribution in [3.8, 4) is 0 Å².